The van der Waals surface area contributed by atoms with Crippen LogP contribution in [0.2, 0.25) is 0 Å². The summed E-state index contributed by atoms with van der Waals surface area (Å²) in [6, 6.07) is 5.35. The Labute approximate surface area is 149 Å². The zero-order chi connectivity index (χ0) is 18.3. The molecule has 1 heterocycles. The van der Waals surface area contributed by atoms with Gasteiger partial charge in [0.25, 0.3) is 0 Å². The molecule has 0 amide bonds. The first-order valence-corrected chi connectivity index (χ1v) is 8.56. The summed E-state index contributed by atoms with van der Waals surface area (Å²) in [6.45, 7) is 7.83. The van der Waals surface area contributed by atoms with Crippen molar-refractivity contribution in [2.24, 2.45) is 4.99 Å². The van der Waals surface area contributed by atoms with E-state index in [1.165, 1.54) is 0 Å². The molecule has 1 aliphatic heterocycles. The van der Waals surface area contributed by atoms with E-state index in [2.05, 4.69) is 15.6 Å². The van der Waals surface area contributed by atoms with Gasteiger partial charge in [-0.3, -0.25) is 4.99 Å². The standard InChI is InChI=1S/C18H29FN4O2/c1-18(2,24-4)13-22-17(20-3)21-12-14-5-6-16(15(19)11-14)23-7-9-25-10-8-23/h5-6,11H,7-10,12-13H2,1-4H3,(H2,20,21,22). The summed E-state index contributed by atoms with van der Waals surface area (Å²) in [5.41, 5.74) is 1.21. The average Bonchev–Trinajstić information content (AvgIpc) is 2.62. The lowest BCUT2D eigenvalue weighted by Gasteiger charge is -2.29. The summed E-state index contributed by atoms with van der Waals surface area (Å²) in [5.74, 6) is 0.451. The van der Waals surface area contributed by atoms with Crippen LogP contribution in [0.1, 0.15) is 19.4 Å². The molecular formula is C18H29FN4O2. The molecule has 1 aromatic rings. The first-order valence-electron chi connectivity index (χ1n) is 8.56. The fourth-order valence-electron chi connectivity index (χ4n) is 2.50. The van der Waals surface area contributed by atoms with Gasteiger partial charge in [-0.2, -0.15) is 0 Å². The lowest BCUT2D eigenvalue weighted by Crippen LogP contribution is -2.45. The van der Waals surface area contributed by atoms with Crippen molar-refractivity contribution < 1.29 is 13.9 Å². The van der Waals surface area contributed by atoms with E-state index < -0.39 is 0 Å². The Balaban J connectivity index is 1.90. The molecule has 0 bridgehead atoms. The molecule has 2 rings (SSSR count). The van der Waals surface area contributed by atoms with Gasteiger partial charge in [-0.05, 0) is 31.5 Å². The predicted octanol–water partition coefficient (Wildman–Crippen LogP) is 1.75. The summed E-state index contributed by atoms with van der Waals surface area (Å²) < 4.78 is 25.1. The van der Waals surface area contributed by atoms with Gasteiger partial charge in [0.2, 0.25) is 0 Å². The van der Waals surface area contributed by atoms with Crippen molar-refractivity contribution in [3.8, 4) is 0 Å². The minimum absolute atomic E-state index is 0.204. The summed E-state index contributed by atoms with van der Waals surface area (Å²) in [6.07, 6.45) is 0. The van der Waals surface area contributed by atoms with Gasteiger partial charge >= 0.3 is 0 Å². The molecule has 25 heavy (non-hydrogen) atoms. The summed E-state index contributed by atoms with van der Waals surface area (Å²) in [7, 11) is 3.38. The second kappa shape index (κ2) is 9.01. The quantitative estimate of drug-likeness (QED) is 0.603. The molecule has 7 heteroatoms. The molecule has 1 fully saturated rings. The number of methoxy groups -OCH3 is 1. The first-order chi connectivity index (χ1) is 11.9. The van der Waals surface area contributed by atoms with E-state index in [4.69, 9.17) is 9.47 Å². The number of benzene rings is 1. The van der Waals surface area contributed by atoms with Crippen LogP contribution in [-0.2, 0) is 16.0 Å². The zero-order valence-electron chi connectivity index (χ0n) is 15.6. The van der Waals surface area contributed by atoms with Crippen LogP contribution in [-0.4, -0.2) is 58.6 Å². The van der Waals surface area contributed by atoms with E-state index >= 15 is 0 Å². The largest absolute Gasteiger partial charge is 0.378 e. The fraction of sp³-hybridized carbons (Fsp3) is 0.611. The first kappa shape index (κ1) is 19.5. The maximum absolute atomic E-state index is 14.4. The Bertz CT molecular complexity index is 586. The zero-order valence-corrected chi connectivity index (χ0v) is 15.6. The molecule has 0 radical (unpaired) electrons. The highest BCUT2D eigenvalue weighted by molar-refractivity contribution is 5.79. The van der Waals surface area contributed by atoms with E-state index in [0.717, 1.165) is 18.7 Å². The Hall–Kier alpha value is -1.86. The Morgan fingerprint density at radius 3 is 2.64 bits per heavy atom. The van der Waals surface area contributed by atoms with Crippen molar-refractivity contribution >= 4 is 11.6 Å². The third-order valence-corrected chi connectivity index (χ3v) is 4.28. The number of rotatable bonds is 6. The highest BCUT2D eigenvalue weighted by Crippen LogP contribution is 2.21. The summed E-state index contributed by atoms with van der Waals surface area (Å²) in [4.78, 5) is 6.19. The van der Waals surface area contributed by atoms with Crippen LogP contribution in [0.25, 0.3) is 0 Å². The van der Waals surface area contributed by atoms with E-state index in [1.54, 1.807) is 20.2 Å². The number of nitrogens with one attached hydrogen (secondary N) is 2. The molecule has 1 aliphatic rings. The molecule has 140 valence electrons. The predicted molar refractivity (Wildman–Crippen MR) is 98.7 cm³/mol. The lowest BCUT2D eigenvalue weighted by molar-refractivity contribution is 0.0268. The molecule has 0 saturated carbocycles. The Morgan fingerprint density at radius 2 is 2.04 bits per heavy atom. The molecule has 0 unspecified atom stereocenters. The molecule has 0 atom stereocenters. The van der Waals surface area contributed by atoms with Crippen LogP contribution in [0.15, 0.2) is 23.2 Å². The van der Waals surface area contributed by atoms with Gasteiger partial charge in [0.15, 0.2) is 5.96 Å². The van der Waals surface area contributed by atoms with Crippen molar-refractivity contribution in [1.82, 2.24) is 10.6 Å². The number of nitrogens with zero attached hydrogens (tertiary/aromatic N) is 2. The van der Waals surface area contributed by atoms with Crippen LogP contribution >= 0.6 is 0 Å². The third-order valence-electron chi connectivity index (χ3n) is 4.28. The molecule has 6 nitrogen and oxygen atoms in total. The van der Waals surface area contributed by atoms with Gasteiger partial charge < -0.3 is 25.0 Å². The Morgan fingerprint density at radius 1 is 1.32 bits per heavy atom. The summed E-state index contributed by atoms with van der Waals surface area (Å²) in [5, 5.41) is 6.40. The average molecular weight is 352 g/mol. The van der Waals surface area contributed by atoms with Gasteiger partial charge in [-0.15, -0.1) is 0 Å². The molecule has 2 N–H and O–H groups in total. The molecule has 0 spiro atoms. The van der Waals surface area contributed by atoms with Crippen molar-refractivity contribution in [3.63, 3.8) is 0 Å². The van der Waals surface area contributed by atoms with Gasteiger partial charge in [0.1, 0.15) is 5.82 Å². The van der Waals surface area contributed by atoms with Crippen molar-refractivity contribution in [3.05, 3.63) is 29.6 Å². The number of aliphatic imine (C=N–C) groups is 1. The van der Waals surface area contributed by atoms with E-state index in [-0.39, 0.29) is 11.4 Å². The molecular weight excluding hydrogens is 323 g/mol. The van der Waals surface area contributed by atoms with Gasteiger partial charge in [-0.25, -0.2) is 4.39 Å². The minimum Gasteiger partial charge on any atom is -0.378 e. The van der Waals surface area contributed by atoms with E-state index in [9.17, 15) is 4.39 Å². The Kier molecular flexibility index (Phi) is 7.01. The summed E-state index contributed by atoms with van der Waals surface area (Å²) >= 11 is 0. The molecule has 0 aliphatic carbocycles. The fourth-order valence-corrected chi connectivity index (χ4v) is 2.50. The van der Waals surface area contributed by atoms with E-state index in [1.807, 2.05) is 30.9 Å². The highest BCUT2D eigenvalue weighted by Gasteiger charge is 2.17. The third kappa shape index (κ3) is 5.86. The van der Waals surface area contributed by atoms with Crippen molar-refractivity contribution in [2.75, 3.05) is 51.9 Å². The monoisotopic (exact) mass is 352 g/mol. The number of hydrogen-bond donors (Lipinski definition) is 2. The maximum Gasteiger partial charge on any atom is 0.191 e. The van der Waals surface area contributed by atoms with Crippen LogP contribution in [0.3, 0.4) is 0 Å². The number of hydrogen-bond acceptors (Lipinski definition) is 4. The SMILES string of the molecule is CN=C(NCc1ccc(N2CCOCC2)c(F)c1)NCC(C)(C)OC. The molecule has 1 saturated heterocycles. The van der Waals surface area contributed by atoms with Crippen LogP contribution in [0.4, 0.5) is 10.1 Å². The van der Waals surface area contributed by atoms with Gasteiger partial charge in [-0.1, -0.05) is 6.07 Å². The minimum atomic E-state index is -0.288. The van der Waals surface area contributed by atoms with Crippen LogP contribution < -0.4 is 15.5 Å². The maximum atomic E-state index is 14.4. The highest BCUT2D eigenvalue weighted by atomic mass is 19.1. The van der Waals surface area contributed by atoms with Gasteiger partial charge in [0, 0.05) is 40.3 Å². The van der Waals surface area contributed by atoms with Crippen molar-refractivity contribution in [1.29, 1.82) is 0 Å². The van der Waals surface area contributed by atoms with Gasteiger partial charge in [0.05, 0.1) is 24.5 Å². The van der Waals surface area contributed by atoms with Crippen molar-refractivity contribution in [2.45, 2.75) is 26.0 Å². The molecule has 0 aromatic heterocycles. The number of halogens is 1. The number of anilines is 1. The smallest absolute Gasteiger partial charge is 0.191 e. The van der Waals surface area contributed by atoms with Crippen LogP contribution in [0.5, 0.6) is 0 Å². The number of morpholine rings is 1. The second-order valence-electron chi connectivity index (χ2n) is 6.63. The number of guanidine groups is 1. The van der Waals surface area contributed by atoms with E-state index in [0.29, 0.717) is 38.0 Å². The molecule has 1 aromatic carbocycles. The number of ether oxygens (including phenoxy) is 2. The second-order valence-corrected chi connectivity index (χ2v) is 6.63. The normalized spacial score (nSPS) is 16.0. The van der Waals surface area contributed by atoms with Crippen LogP contribution in [0, 0.1) is 5.82 Å². The topological polar surface area (TPSA) is 58.1 Å². The lowest BCUT2D eigenvalue weighted by atomic mass is 10.1.